The molecule has 0 radical (unpaired) electrons. The largest absolute Gasteiger partial charge is 0.208 e. The van der Waals surface area contributed by atoms with Crippen molar-refractivity contribution in [3.8, 4) is 22.8 Å². The first-order valence-electron chi connectivity index (χ1n) is 16.7. The second-order valence-corrected chi connectivity index (χ2v) is 13.9. The summed E-state index contributed by atoms with van der Waals surface area (Å²) >= 11 is 1.94. The summed E-state index contributed by atoms with van der Waals surface area (Å²) in [5.74, 6) is 2.22. The van der Waals surface area contributed by atoms with E-state index in [0.29, 0.717) is 11.6 Å². The van der Waals surface area contributed by atoms with E-state index in [1.165, 1.54) is 53.9 Å². The molecule has 7 aromatic carbocycles. The highest BCUT2D eigenvalue weighted by Gasteiger charge is 2.39. The lowest BCUT2D eigenvalue weighted by molar-refractivity contribution is 0.878. The van der Waals surface area contributed by atoms with Gasteiger partial charge in [-0.05, 0) is 67.2 Å². The molecule has 0 saturated carbocycles. The first-order valence-corrected chi connectivity index (χ1v) is 17.6. The minimum Gasteiger partial charge on any atom is -0.208 e. The molecule has 0 spiro atoms. The van der Waals surface area contributed by atoms with E-state index < -0.39 is 0 Å². The topological polar surface area (TPSA) is 38.7 Å². The van der Waals surface area contributed by atoms with Crippen molar-refractivity contribution >= 4 is 55.2 Å². The SMILES string of the molecule is C1=C(c2ccc3c4ccccc4c4ccccc4c3c2)C=C(c2nc(-c3ccccc3)nc(-c3ccccc3)n2)C2c3ccccc3SC12. The van der Waals surface area contributed by atoms with Crippen LogP contribution in [0.4, 0.5) is 0 Å². The third-order valence-corrected chi connectivity index (χ3v) is 11.2. The van der Waals surface area contributed by atoms with Crippen molar-refractivity contribution in [3.63, 3.8) is 0 Å². The van der Waals surface area contributed by atoms with Crippen molar-refractivity contribution in [2.45, 2.75) is 16.1 Å². The average molecular weight is 644 g/mol. The second kappa shape index (κ2) is 11.4. The molecule has 8 aromatic rings. The first-order chi connectivity index (χ1) is 24.3. The molecule has 230 valence electrons. The molecule has 2 unspecified atom stereocenters. The standard InChI is InChI=1S/C45H29N3S/c1-3-13-28(14-4-1)43-46-44(29-15-5-2-6-16-29)48-45(47-43)39-26-31(27-41-42(39)37-21-11-12-22-40(37)49-41)30-23-24-36-34-19-8-7-17-32(34)33-18-9-10-20-35(33)38(36)25-30/h1-27,41-42H. The van der Waals surface area contributed by atoms with Gasteiger partial charge in [0.15, 0.2) is 17.5 Å². The summed E-state index contributed by atoms with van der Waals surface area (Å²) in [6, 6.07) is 53.8. The number of benzene rings is 7. The summed E-state index contributed by atoms with van der Waals surface area (Å²) in [5, 5.41) is 7.89. The number of aromatic nitrogens is 3. The van der Waals surface area contributed by atoms with E-state index >= 15 is 0 Å². The van der Waals surface area contributed by atoms with E-state index in [9.17, 15) is 0 Å². The summed E-state index contributed by atoms with van der Waals surface area (Å²) in [6.45, 7) is 0. The van der Waals surface area contributed by atoms with Crippen molar-refractivity contribution in [2.75, 3.05) is 0 Å². The molecule has 2 heterocycles. The van der Waals surface area contributed by atoms with E-state index in [-0.39, 0.29) is 11.2 Å². The van der Waals surface area contributed by atoms with E-state index in [4.69, 9.17) is 15.0 Å². The normalized spacial score (nSPS) is 16.7. The lowest BCUT2D eigenvalue weighted by Crippen LogP contribution is -2.17. The Morgan fingerprint density at radius 1 is 0.429 bits per heavy atom. The summed E-state index contributed by atoms with van der Waals surface area (Å²) in [5.41, 5.74) is 6.79. The predicted molar refractivity (Wildman–Crippen MR) is 204 cm³/mol. The van der Waals surface area contributed by atoms with E-state index in [2.05, 4.69) is 127 Å². The zero-order valence-corrected chi connectivity index (χ0v) is 27.3. The molecule has 0 bridgehead atoms. The molecule has 1 aliphatic heterocycles. The van der Waals surface area contributed by atoms with Gasteiger partial charge in [0.05, 0.1) is 0 Å². The molecule has 1 aliphatic carbocycles. The number of allylic oxidation sites excluding steroid dienone is 3. The quantitative estimate of drug-likeness (QED) is 0.179. The molecule has 1 aromatic heterocycles. The Morgan fingerprint density at radius 2 is 0.939 bits per heavy atom. The summed E-state index contributed by atoms with van der Waals surface area (Å²) in [7, 11) is 0. The van der Waals surface area contributed by atoms with Gasteiger partial charge in [0.2, 0.25) is 0 Å². The van der Waals surface area contributed by atoms with Crippen molar-refractivity contribution < 1.29 is 0 Å². The fourth-order valence-electron chi connectivity index (χ4n) is 7.60. The van der Waals surface area contributed by atoms with Crippen LogP contribution in [0, 0.1) is 0 Å². The van der Waals surface area contributed by atoms with Gasteiger partial charge in [0.25, 0.3) is 0 Å². The van der Waals surface area contributed by atoms with Crippen molar-refractivity contribution in [3.05, 3.63) is 181 Å². The highest BCUT2D eigenvalue weighted by atomic mass is 32.2. The maximum Gasteiger partial charge on any atom is 0.164 e. The molecular formula is C45H29N3S. The van der Waals surface area contributed by atoms with Crippen LogP contribution in [0.3, 0.4) is 0 Å². The van der Waals surface area contributed by atoms with Crippen LogP contribution in [-0.4, -0.2) is 20.2 Å². The van der Waals surface area contributed by atoms with Gasteiger partial charge in [-0.15, -0.1) is 11.8 Å². The van der Waals surface area contributed by atoms with Gasteiger partial charge in [0.1, 0.15) is 0 Å². The summed E-state index contributed by atoms with van der Waals surface area (Å²) in [6.07, 6.45) is 4.80. The Labute approximate surface area is 288 Å². The maximum atomic E-state index is 5.21. The predicted octanol–water partition coefficient (Wildman–Crippen LogP) is 11.4. The van der Waals surface area contributed by atoms with Crippen molar-refractivity contribution in [2.24, 2.45) is 0 Å². The van der Waals surface area contributed by atoms with Crippen LogP contribution < -0.4 is 0 Å². The number of fused-ring (bicyclic) bond motifs is 9. The number of nitrogens with zero attached hydrogens (tertiary/aromatic N) is 3. The molecule has 0 fully saturated rings. The Morgan fingerprint density at radius 3 is 1.57 bits per heavy atom. The number of thioether (sulfide) groups is 1. The van der Waals surface area contributed by atoms with Gasteiger partial charge in [-0.25, -0.2) is 15.0 Å². The highest BCUT2D eigenvalue weighted by Crippen LogP contribution is 2.55. The van der Waals surface area contributed by atoms with Crippen LogP contribution in [0.15, 0.2) is 169 Å². The first kappa shape index (κ1) is 28.2. The zero-order chi connectivity index (χ0) is 32.3. The molecule has 49 heavy (non-hydrogen) atoms. The average Bonchev–Trinajstić information content (AvgIpc) is 3.57. The second-order valence-electron chi connectivity index (χ2n) is 12.7. The highest BCUT2D eigenvalue weighted by molar-refractivity contribution is 8.00. The smallest absolute Gasteiger partial charge is 0.164 e. The van der Waals surface area contributed by atoms with Gasteiger partial charge in [0, 0.05) is 32.8 Å². The number of hydrogen-bond acceptors (Lipinski definition) is 4. The Kier molecular flexibility index (Phi) is 6.56. The van der Waals surface area contributed by atoms with Crippen LogP contribution in [0.25, 0.3) is 66.2 Å². The Bertz CT molecular complexity index is 2550. The monoisotopic (exact) mass is 643 g/mol. The van der Waals surface area contributed by atoms with Crippen LogP contribution in [-0.2, 0) is 0 Å². The van der Waals surface area contributed by atoms with Gasteiger partial charge < -0.3 is 0 Å². The van der Waals surface area contributed by atoms with E-state index in [1.54, 1.807) is 0 Å². The van der Waals surface area contributed by atoms with Crippen LogP contribution in [0.5, 0.6) is 0 Å². The minimum atomic E-state index is 0.129. The van der Waals surface area contributed by atoms with E-state index in [1.807, 2.05) is 48.2 Å². The third kappa shape index (κ3) is 4.71. The molecule has 2 atom stereocenters. The minimum absolute atomic E-state index is 0.129. The van der Waals surface area contributed by atoms with Gasteiger partial charge in [-0.1, -0.05) is 146 Å². The van der Waals surface area contributed by atoms with Crippen LogP contribution >= 0.6 is 11.8 Å². The maximum absolute atomic E-state index is 5.21. The molecule has 0 N–H and O–H groups in total. The lowest BCUT2D eigenvalue weighted by Gasteiger charge is -2.26. The lowest BCUT2D eigenvalue weighted by atomic mass is 9.81. The van der Waals surface area contributed by atoms with Gasteiger partial charge >= 0.3 is 0 Å². The summed E-state index contributed by atoms with van der Waals surface area (Å²) < 4.78 is 0. The third-order valence-electron chi connectivity index (χ3n) is 9.87. The molecule has 0 amide bonds. The fourth-order valence-corrected chi connectivity index (χ4v) is 9.03. The fraction of sp³-hybridized carbons (Fsp3) is 0.0444. The summed E-state index contributed by atoms with van der Waals surface area (Å²) in [4.78, 5) is 16.7. The molecule has 2 aliphatic rings. The molecule has 3 nitrogen and oxygen atoms in total. The zero-order valence-electron chi connectivity index (χ0n) is 26.5. The van der Waals surface area contributed by atoms with Crippen LogP contribution in [0.1, 0.15) is 22.9 Å². The molecule has 4 heteroatoms. The molecule has 10 rings (SSSR count). The van der Waals surface area contributed by atoms with Gasteiger partial charge in [-0.2, -0.15) is 0 Å². The molecule has 0 saturated heterocycles. The number of hydrogen-bond donors (Lipinski definition) is 0. The van der Waals surface area contributed by atoms with Crippen molar-refractivity contribution in [1.29, 1.82) is 0 Å². The van der Waals surface area contributed by atoms with Crippen LogP contribution in [0.2, 0.25) is 0 Å². The Hall–Kier alpha value is -5.84. The van der Waals surface area contributed by atoms with E-state index in [0.717, 1.165) is 22.5 Å². The molecular weight excluding hydrogens is 615 g/mol. The van der Waals surface area contributed by atoms with Gasteiger partial charge in [-0.3, -0.25) is 0 Å². The number of rotatable bonds is 4. The Balaban J connectivity index is 1.20. The van der Waals surface area contributed by atoms with Crippen molar-refractivity contribution in [1.82, 2.24) is 15.0 Å².